The van der Waals surface area contributed by atoms with Crippen molar-refractivity contribution in [1.29, 1.82) is 0 Å². The van der Waals surface area contributed by atoms with E-state index >= 15 is 0 Å². The first-order valence-electron chi connectivity index (χ1n) is 7.97. The van der Waals surface area contributed by atoms with E-state index in [1.54, 1.807) is 44.4 Å². The number of methoxy groups -OCH3 is 1. The highest BCUT2D eigenvalue weighted by molar-refractivity contribution is 7.99. The lowest BCUT2D eigenvalue weighted by Crippen LogP contribution is -2.25. The van der Waals surface area contributed by atoms with E-state index in [1.807, 2.05) is 0 Å². The molecule has 0 radical (unpaired) electrons. The van der Waals surface area contributed by atoms with Crippen LogP contribution in [0.1, 0.15) is 23.7 Å². The van der Waals surface area contributed by atoms with Gasteiger partial charge in [0.15, 0.2) is 16.7 Å². The molecule has 1 heterocycles. The highest BCUT2D eigenvalue weighted by Crippen LogP contribution is 2.20. The molecule has 0 saturated carbocycles. The fourth-order valence-electron chi connectivity index (χ4n) is 1.94. The van der Waals surface area contributed by atoms with Crippen molar-refractivity contribution in [3.63, 3.8) is 0 Å². The Labute approximate surface area is 154 Å². The Hall–Kier alpha value is -2.65. The molecule has 0 fully saturated rings. The summed E-state index contributed by atoms with van der Waals surface area (Å²) >= 11 is 1.28. The van der Waals surface area contributed by atoms with Crippen LogP contribution in [0.5, 0.6) is 0 Å². The number of H-pyrrole nitrogens is 1. The monoisotopic (exact) mass is 376 g/mol. The maximum absolute atomic E-state index is 12.4. The van der Waals surface area contributed by atoms with Crippen LogP contribution in [0, 0.1) is 0 Å². The van der Waals surface area contributed by atoms with Crippen LogP contribution in [0.4, 0.5) is 11.5 Å². The van der Waals surface area contributed by atoms with Gasteiger partial charge >= 0.3 is 0 Å². The van der Waals surface area contributed by atoms with Crippen molar-refractivity contribution in [3.05, 3.63) is 46.2 Å². The lowest BCUT2D eigenvalue weighted by atomic mass is 10.2. The molecule has 0 bridgehead atoms. The Morgan fingerprint density at radius 2 is 1.96 bits per heavy atom. The topological polar surface area (TPSA) is 113 Å². The molecule has 0 atom stereocenters. The number of amides is 2. The number of ether oxygens (including phenoxy) is 1. The van der Waals surface area contributed by atoms with Crippen molar-refractivity contribution in [2.45, 2.75) is 18.5 Å². The molecule has 0 saturated heterocycles. The molecular formula is C17H20N4O4S. The molecule has 2 amide bonds. The van der Waals surface area contributed by atoms with Crippen molar-refractivity contribution in [2.24, 2.45) is 0 Å². The molecule has 8 nitrogen and oxygen atoms in total. The first-order valence-corrected chi connectivity index (χ1v) is 8.96. The number of hydrogen-bond acceptors (Lipinski definition) is 6. The molecule has 1 aromatic carbocycles. The van der Waals surface area contributed by atoms with Crippen LogP contribution in [0.25, 0.3) is 0 Å². The molecule has 26 heavy (non-hydrogen) atoms. The second-order valence-corrected chi connectivity index (χ2v) is 6.24. The quantitative estimate of drug-likeness (QED) is 0.369. The van der Waals surface area contributed by atoms with Crippen LogP contribution in [-0.4, -0.2) is 41.3 Å². The van der Waals surface area contributed by atoms with Gasteiger partial charge in [-0.2, -0.15) is 0 Å². The smallest absolute Gasteiger partial charge is 0.277 e. The number of aromatic amines is 1. The number of carbonyl (C=O) groups is 2. The number of thioether (sulfide) groups is 1. The van der Waals surface area contributed by atoms with Crippen LogP contribution in [0.2, 0.25) is 0 Å². The Kier molecular flexibility index (Phi) is 7.37. The third-order valence-electron chi connectivity index (χ3n) is 3.28. The summed E-state index contributed by atoms with van der Waals surface area (Å²) in [6, 6.07) is 8.45. The number of carbonyl (C=O) groups excluding carboxylic acids is 2. The summed E-state index contributed by atoms with van der Waals surface area (Å²) in [6.07, 6.45) is 0.215. The van der Waals surface area contributed by atoms with Crippen LogP contribution in [-0.2, 0) is 9.53 Å². The summed E-state index contributed by atoms with van der Waals surface area (Å²) in [4.78, 5) is 43.4. The molecule has 138 valence electrons. The summed E-state index contributed by atoms with van der Waals surface area (Å²) in [5, 5.41) is 5.41. The predicted octanol–water partition coefficient (Wildman–Crippen LogP) is 2.11. The van der Waals surface area contributed by atoms with Crippen molar-refractivity contribution < 1.29 is 14.3 Å². The second kappa shape index (κ2) is 9.73. The highest BCUT2D eigenvalue weighted by atomic mass is 32.2. The molecule has 9 heteroatoms. The molecule has 3 N–H and O–H groups in total. The molecule has 0 unspecified atom stereocenters. The number of nitrogens with zero attached hydrogens (tertiary/aromatic N) is 1. The van der Waals surface area contributed by atoms with E-state index in [2.05, 4.69) is 20.6 Å². The van der Waals surface area contributed by atoms with Crippen molar-refractivity contribution in [3.8, 4) is 0 Å². The van der Waals surface area contributed by atoms with Gasteiger partial charge in [-0.3, -0.25) is 19.4 Å². The Morgan fingerprint density at radius 1 is 1.23 bits per heavy atom. The third-order valence-corrected chi connectivity index (χ3v) is 4.11. The summed E-state index contributed by atoms with van der Waals surface area (Å²) in [5.41, 5.74) is -0.259. The summed E-state index contributed by atoms with van der Waals surface area (Å²) < 4.78 is 4.96. The maximum Gasteiger partial charge on any atom is 0.277 e. The fraction of sp³-hybridized carbons (Fsp3) is 0.294. The number of benzene rings is 1. The first-order chi connectivity index (χ1) is 12.5. The number of anilines is 2. The van der Waals surface area contributed by atoms with E-state index < -0.39 is 11.5 Å². The Balaban J connectivity index is 2.31. The molecule has 1 aromatic heterocycles. The molecule has 0 aliphatic rings. The van der Waals surface area contributed by atoms with Gasteiger partial charge in [-0.05, 0) is 12.1 Å². The zero-order valence-electron chi connectivity index (χ0n) is 14.5. The van der Waals surface area contributed by atoms with E-state index in [4.69, 9.17) is 4.74 Å². The molecule has 2 rings (SSSR count). The zero-order chi connectivity index (χ0) is 18.9. The Morgan fingerprint density at radius 3 is 2.62 bits per heavy atom. The van der Waals surface area contributed by atoms with Gasteiger partial charge in [-0.15, -0.1) is 0 Å². The van der Waals surface area contributed by atoms with Gasteiger partial charge in [0.25, 0.3) is 11.5 Å². The molecular weight excluding hydrogens is 356 g/mol. The van der Waals surface area contributed by atoms with Gasteiger partial charge in [0.1, 0.15) is 0 Å². The standard InChI is InChI=1S/C17H20N4O4S/c1-3-12(22)18-14-13(19-15(23)11-7-5-4-6-8-11)16(24)21-17(20-14)26-10-9-25-2/h4-8H,3,9-10H2,1-2H3,(H,19,23)(H2,18,20,21,22,24). The van der Waals surface area contributed by atoms with Gasteiger partial charge < -0.3 is 15.4 Å². The van der Waals surface area contributed by atoms with E-state index in [-0.39, 0.29) is 23.8 Å². The van der Waals surface area contributed by atoms with Gasteiger partial charge in [0, 0.05) is 24.8 Å². The van der Waals surface area contributed by atoms with Crippen molar-refractivity contribution in [1.82, 2.24) is 9.97 Å². The van der Waals surface area contributed by atoms with E-state index in [9.17, 15) is 14.4 Å². The summed E-state index contributed by atoms with van der Waals surface area (Å²) in [6.45, 7) is 2.16. The van der Waals surface area contributed by atoms with E-state index in [0.29, 0.717) is 23.1 Å². The lowest BCUT2D eigenvalue weighted by Gasteiger charge is -2.12. The van der Waals surface area contributed by atoms with Gasteiger partial charge in [-0.1, -0.05) is 36.9 Å². The largest absolute Gasteiger partial charge is 0.384 e. The maximum atomic E-state index is 12.4. The van der Waals surface area contributed by atoms with Crippen molar-refractivity contribution >= 4 is 35.1 Å². The molecule has 2 aromatic rings. The minimum Gasteiger partial charge on any atom is -0.384 e. The number of aromatic nitrogens is 2. The van der Waals surface area contributed by atoms with Gasteiger partial charge in [0.2, 0.25) is 5.91 Å². The average molecular weight is 376 g/mol. The van der Waals surface area contributed by atoms with Gasteiger partial charge in [-0.25, -0.2) is 4.98 Å². The van der Waals surface area contributed by atoms with Crippen LogP contribution in [0.3, 0.4) is 0 Å². The average Bonchev–Trinajstić information content (AvgIpc) is 2.65. The number of hydrogen-bond donors (Lipinski definition) is 3. The predicted molar refractivity (Wildman–Crippen MR) is 101 cm³/mol. The normalized spacial score (nSPS) is 10.4. The Bertz CT molecular complexity index is 823. The molecule has 0 aliphatic carbocycles. The van der Waals surface area contributed by atoms with E-state index in [0.717, 1.165) is 0 Å². The molecule has 0 spiro atoms. The number of nitrogens with one attached hydrogen (secondary N) is 3. The second-order valence-electron chi connectivity index (χ2n) is 5.16. The molecule has 0 aliphatic heterocycles. The SMILES string of the molecule is CCC(=O)Nc1nc(SCCOC)[nH]c(=O)c1NC(=O)c1ccccc1. The first kappa shape index (κ1) is 19.7. The lowest BCUT2D eigenvalue weighted by molar-refractivity contribution is -0.115. The summed E-state index contributed by atoms with van der Waals surface area (Å²) in [5.74, 6) is -0.184. The van der Waals surface area contributed by atoms with E-state index in [1.165, 1.54) is 11.8 Å². The van der Waals surface area contributed by atoms with Crippen LogP contribution >= 0.6 is 11.8 Å². The highest BCUT2D eigenvalue weighted by Gasteiger charge is 2.17. The number of rotatable bonds is 8. The van der Waals surface area contributed by atoms with Gasteiger partial charge in [0.05, 0.1) is 6.61 Å². The zero-order valence-corrected chi connectivity index (χ0v) is 15.3. The third kappa shape index (κ3) is 5.43. The van der Waals surface area contributed by atoms with Crippen molar-refractivity contribution in [2.75, 3.05) is 30.1 Å². The minimum absolute atomic E-state index is 0.0183. The van der Waals surface area contributed by atoms with Crippen LogP contribution in [0.15, 0.2) is 40.3 Å². The summed E-state index contributed by atoms with van der Waals surface area (Å²) in [7, 11) is 1.58. The van der Waals surface area contributed by atoms with Crippen LogP contribution < -0.4 is 16.2 Å². The minimum atomic E-state index is -0.546. The fourth-order valence-corrected chi connectivity index (χ4v) is 2.71.